The monoisotopic (exact) mass is 286 g/mol. The van der Waals surface area contributed by atoms with Crippen LogP contribution in [0.4, 0.5) is 5.69 Å². The van der Waals surface area contributed by atoms with E-state index in [0.29, 0.717) is 6.04 Å². The Kier molecular flexibility index (Phi) is 4.47. The second-order valence-corrected chi connectivity index (χ2v) is 6.29. The van der Waals surface area contributed by atoms with E-state index in [0.717, 1.165) is 29.3 Å². The largest absolute Gasteiger partial charge is 0.441 e. The van der Waals surface area contributed by atoms with Crippen LogP contribution in [0.5, 0.6) is 0 Å². The number of nitrogens with zero attached hydrogens (tertiary/aromatic N) is 1. The van der Waals surface area contributed by atoms with Crippen LogP contribution in [0.25, 0.3) is 11.1 Å². The smallest absolute Gasteiger partial charge is 0.195 e. The topological polar surface area (TPSA) is 38.1 Å². The van der Waals surface area contributed by atoms with Crippen molar-refractivity contribution in [3.63, 3.8) is 0 Å². The van der Waals surface area contributed by atoms with E-state index in [2.05, 4.69) is 36.3 Å². The lowest BCUT2D eigenvalue weighted by atomic mass is 9.83. The van der Waals surface area contributed by atoms with Crippen molar-refractivity contribution in [2.24, 2.45) is 5.92 Å². The summed E-state index contributed by atoms with van der Waals surface area (Å²) in [6.45, 7) is 4.36. The quantitative estimate of drug-likeness (QED) is 0.825. The van der Waals surface area contributed by atoms with Crippen LogP contribution < -0.4 is 5.32 Å². The Labute approximate surface area is 127 Å². The Morgan fingerprint density at radius 2 is 2.00 bits per heavy atom. The molecule has 1 saturated carbocycles. The van der Waals surface area contributed by atoms with Gasteiger partial charge in [0.1, 0.15) is 5.52 Å². The SMILES string of the molecule is CCCC1CCC(Nc2ccc3oc(CC)nc3c2)CC1. The molecule has 1 N–H and O–H groups in total. The van der Waals surface area contributed by atoms with Crippen LogP contribution in [-0.4, -0.2) is 11.0 Å². The van der Waals surface area contributed by atoms with E-state index in [1.807, 2.05) is 6.07 Å². The number of nitrogens with one attached hydrogen (secondary N) is 1. The first-order valence-corrected chi connectivity index (χ1v) is 8.44. The zero-order valence-electron chi connectivity index (χ0n) is 13.2. The van der Waals surface area contributed by atoms with Crippen LogP contribution in [0.2, 0.25) is 0 Å². The first-order chi connectivity index (χ1) is 10.3. The van der Waals surface area contributed by atoms with Crippen molar-refractivity contribution in [1.82, 2.24) is 4.98 Å². The standard InChI is InChI=1S/C18H26N2O/c1-3-5-13-6-8-14(9-7-13)19-15-10-11-17-16(12-15)20-18(4-2)21-17/h10-14,19H,3-9H2,1-2H3. The molecule has 0 unspecified atom stereocenters. The van der Waals surface area contributed by atoms with Gasteiger partial charge in [-0.3, -0.25) is 0 Å². The fraction of sp³-hybridized carbons (Fsp3) is 0.611. The van der Waals surface area contributed by atoms with E-state index in [9.17, 15) is 0 Å². The van der Waals surface area contributed by atoms with Crippen molar-refractivity contribution >= 4 is 16.8 Å². The van der Waals surface area contributed by atoms with Gasteiger partial charge in [0.15, 0.2) is 11.5 Å². The van der Waals surface area contributed by atoms with Gasteiger partial charge >= 0.3 is 0 Å². The van der Waals surface area contributed by atoms with Crippen molar-refractivity contribution in [1.29, 1.82) is 0 Å². The van der Waals surface area contributed by atoms with Crippen molar-refractivity contribution in [3.8, 4) is 0 Å². The van der Waals surface area contributed by atoms with Crippen LogP contribution in [0.15, 0.2) is 22.6 Å². The number of aryl methyl sites for hydroxylation is 1. The fourth-order valence-electron chi connectivity index (χ4n) is 3.46. The second-order valence-electron chi connectivity index (χ2n) is 6.29. The lowest BCUT2D eigenvalue weighted by molar-refractivity contribution is 0.319. The Morgan fingerprint density at radius 1 is 1.19 bits per heavy atom. The Bertz CT molecular complexity index is 582. The van der Waals surface area contributed by atoms with Crippen molar-refractivity contribution in [3.05, 3.63) is 24.1 Å². The number of oxazole rings is 1. The highest BCUT2D eigenvalue weighted by atomic mass is 16.3. The molecule has 1 heterocycles. The molecule has 1 fully saturated rings. The molecule has 21 heavy (non-hydrogen) atoms. The average molecular weight is 286 g/mol. The molecular formula is C18H26N2O. The van der Waals surface area contributed by atoms with Crippen LogP contribution in [0.3, 0.4) is 0 Å². The number of hydrogen-bond acceptors (Lipinski definition) is 3. The van der Waals surface area contributed by atoms with Gasteiger partial charge in [-0.1, -0.05) is 26.7 Å². The molecule has 3 heteroatoms. The normalized spacial score (nSPS) is 22.6. The van der Waals surface area contributed by atoms with E-state index in [-0.39, 0.29) is 0 Å². The highest BCUT2D eigenvalue weighted by Gasteiger charge is 2.20. The van der Waals surface area contributed by atoms with E-state index >= 15 is 0 Å². The molecule has 1 aliphatic rings. The summed E-state index contributed by atoms with van der Waals surface area (Å²) < 4.78 is 5.66. The zero-order valence-corrected chi connectivity index (χ0v) is 13.2. The molecule has 0 bridgehead atoms. The van der Waals surface area contributed by atoms with Gasteiger partial charge in [-0.15, -0.1) is 0 Å². The van der Waals surface area contributed by atoms with Crippen molar-refractivity contribution < 1.29 is 4.42 Å². The molecule has 0 atom stereocenters. The van der Waals surface area contributed by atoms with Gasteiger partial charge < -0.3 is 9.73 Å². The van der Waals surface area contributed by atoms with Crippen LogP contribution in [0, 0.1) is 5.92 Å². The number of rotatable bonds is 5. The predicted molar refractivity (Wildman–Crippen MR) is 87.7 cm³/mol. The summed E-state index contributed by atoms with van der Waals surface area (Å²) in [7, 11) is 0. The molecule has 1 aromatic carbocycles. The summed E-state index contributed by atoms with van der Waals surface area (Å²) >= 11 is 0. The van der Waals surface area contributed by atoms with Gasteiger partial charge in [-0.25, -0.2) is 4.98 Å². The van der Waals surface area contributed by atoms with Crippen LogP contribution >= 0.6 is 0 Å². The minimum absolute atomic E-state index is 0.619. The lowest BCUT2D eigenvalue weighted by Gasteiger charge is -2.29. The first kappa shape index (κ1) is 14.4. The lowest BCUT2D eigenvalue weighted by Crippen LogP contribution is -2.26. The van der Waals surface area contributed by atoms with E-state index in [1.165, 1.54) is 44.2 Å². The molecular weight excluding hydrogens is 260 g/mol. The highest BCUT2D eigenvalue weighted by Crippen LogP contribution is 2.30. The van der Waals surface area contributed by atoms with E-state index < -0.39 is 0 Å². The van der Waals surface area contributed by atoms with Crippen molar-refractivity contribution in [2.75, 3.05) is 5.32 Å². The minimum Gasteiger partial charge on any atom is -0.441 e. The predicted octanol–water partition coefficient (Wildman–Crippen LogP) is 5.16. The maximum Gasteiger partial charge on any atom is 0.195 e. The molecule has 1 aliphatic carbocycles. The summed E-state index contributed by atoms with van der Waals surface area (Å²) in [6, 6.07) is 6.89. The molecule has 0 amide bonds. The zero-order chi connectivity index (χ0) is 14.7. The summed E-state index contributed by atoms with van der Waals surface area (Å²) in [5.41, 5.74) is 3.04. The average Bonchev–Trinajstić information content (AvgIpc) is 2.92. The number of anilines is 1. The highest BCUT2D eigenvalue weighted by molar-refractivity contribution is 5.77. The molecule has 0 spiro atoms. The van der Waals surface area contributed by atoms with Gasteiger partial charge in [0.05, 0.1) is 0 Å². The van der Waals surface area contributed by atoms with Gasteiger partial charge in [0.2, 0.25) is 0 Å². The number of aromatic nitrogens is 1. The molecule has 1 aromatic heterocycles. The molecule has 0 saturated heterocycles. The van der Waals surface area contributed by atoms with Gasteiger partial charge in [-0.2, -0.15) is 0 Å². The Morgan fingerprint density at radius 3 is 2.71 bits per heavy atom. The number of hydrogen-bond donors (Lipinski definition) is 1. The fourth-order valence-corrected chi connectivity index (χ4v) is 3.46. The maximum atomic E-state index is 5.66. The third-order valence-electron chi connectivity index (χ3n) is 4.65. The molecule has 2 aromatic rings. The molecule has 3 rings (SSSR count). The second kappa shape index (κ2) is 6.50. The van der Waals surface area contributed by atoms with Gasteiger partial charge in [0.25, 0.3) is 0 Å². The number of fused-ring (bicyclic) bond motifs is 1. The number of benzene rings is 1. The van der Waals surface area contributed by atoms with Crippen LogP contribution in [-0.2, 0) is 6.42 Å². The molecule has 114 valence electrons. The summed E-state index contributed by atoms with van der Waals surface area (Å²) in [5.74, 6) is 1.78. The summed E-state index contributed by atoms with van der Waals surface area (Å²) in [5, 5.41) is 3.68. The van der Waals surface area contributed by atoms with Gasteiger partial charge in [-0.05, 0) is 49.8 Å². The van der Waals surface area contributed by atoms with E-state index in [1.54, 1.807) is 0 Å². The van der Waals surface area contributed by atoms with Crippen LogP contribution in [0.1, 0.15) is 58.3 Å². The molecule has 0 radical (unpaired) electrons. The maximum absolute atomic E-state index is 5.66. The Balaban J connectivity index is 1.62. The molecule has 3 nitrogen and oxygen atoms in total. The first-order valence-electron chi connectivity index (χ1n) is 8.44. The minimum atomic E-state index is 0.619. The summed E-state index contributed by atoms with van der Waals surface area (Å²) in [4.78, 5) is 4.51. The molecule has 0 aliphatic heterocycles. The summed E-state index contributed by atoms with van der Waals surface area (Å²) in [6.07, 6.45) is 8.90. The third kappa shape index (κ3) is 3.39. The Hall–Kier alpha value is -1.51. The third-order valence-corrected chi connectivity index (χ3v) is 4.65. The van der Waals surface area contributed by atoms with E-state index in [4.69, 9.17) is 4.42 Å². The van der Waals surface area contributed by atoms with Gasteiger partial charge in [0, 0.05) is 18.2 Å². The van der Waals surface area contributed by atoms with Crippen molar-refractivity contribution in [2.45, 2.75) is 64.8 Å².